The molecule has 0 aliphatic rings. The SMILES string of the molecule is O=C(CCCn1c(=O)oc2ccccc21)Nc1nc2nc(-c3ccccc3)cc(C(F)(F)F)c2s1. The maximum absolute atomic E-state index is 13.8. The van der Waals surface area contributed by atoms with Gasteiger partial charge in [0.2, 0.25) is 5.91 Å². The summed E-state index contributed by atoms with van der Waals surface area (Å²) in [7, 11) is 0. The van der Waals surface area contributed by atoms with Crippen molar-refractivity contribution in [3.63, 3.8) is 0 Å². The van der Waals surface area contributed by atoms with Crippen LogP contribution in [-0.2, 0) is 17.5 Å². The predicted octanol–water partition coefficient (Wildman–Crippen LogP) is 5.70. The molecule has 11 heteroatoms. The van der Waals surface area contributed by atoms with Gasteiger partial charge >= 0.3 is 11.9 Å². The van der Waals surface area contributed by atoms with Crippen molar-refractivity contribution < 1.29 is 22.4 Å². The summed E-state index contributed by atoms with van der Waals surface area (Å²) in [4.78, 5) is 32.9. The van der Waals surface area contributed by atoms with E-state index in [2.05, 4.69) is 15.3 Å². The molecule has 0 bridgehead atoms. The summed E-state index contributed by atoms with van der Waals surface area (Å²) in [6.07, 6.45) is -4.25. The Morgan fingerprint density at radius 3 is 2.57 bits per heavy atom. The monoisotopic (exact) mass is 498 g/mol. The quantitative estimate of drug-likeness (QED) is 0.324. The summed E-state index contributed by atoms with van der Waals surface area (Å²) < 4.78 is 47.7. The first-order valence-corrected chi connectivity index (χ1v) is 11.4. The van der Waals surface area contributed by atoms with E-state index in [0.29, 0.717) is 23.1 Å². The highest BCUT2D eigenvalue weighted by Gasteiger charge is 2.35. The van der Waals surface area contributed by atoms with Gasteiger partial charge in [-0.15, -0.1) is 0 Å². The number of hydrogen-bond acceptors (Lipinski definition) is 6. The van der Waals surface area contributed by atoms with Gasteiger partial charge in [0.1, 0.15) is 0 Å². The number of pyridine rings is 1. The minimum absolute atomic E-state index is 0.0270. The zero-order valence-corrected chi connectivity index (χ0v) is 18.8. The number of carbonyl (C=O) groups is 1. The average Bonchev–Trinajstić information content (AvgIpc) is 3.37. The number of benzene rings is 2. The number of hydrogen-bond donors (Lipinski definition) is 1. The van der Waals surface area contributed by atoms with Gasteiger partial charge in [-0.2, -0.15) is 18.2 Å². The first-order valence-electron chi connectivity index (χ1n) is 10.6. The van der Waals surface area contributed by atoms with Crippen molar-refractivity contribution in [1.82, 2.24) is 14.5 Å². The van der Waals surface area contributed by atoms with Gasteiger partial charge in [-0.1, -0.05) is 53.8 Å². The number of aryl methyl sites for hydroxylation is 1. The molecule has 1 N–H and O–H groups in total. The number of aromatic nitrogens is 3. The van der Waals surface area contributed by atoms with Crippen molar-refractivity contribution in [3.05, 3.63) is 76.8 Å². The normalized spacial score (nSPS) is 11.9. The Morgan fingerprint density at radius 1 is 1.06 bits per heavy atom. The molecule has 3 heterocycles. The van der Waals surface area contributed by atoms with Crippen molar-refractivity contribution in [1.29, 1.82) is 0 Å². The van der Waals surface area contributed by atoms with Crippen LogP contribution in [0.15, 0.2) is 69.9 Å². The van der Waals surface area contributed by atoms with Crippen molar-refractivity contribution >= 4 is 43.8 Å². The zero-order valence-electron chi connectivity index (χ0n) is 18.0. The van der Waals surface area contributed by atoms with Crippen LogP contribution in [0.3, 0.4) is 0 Å². The third-order valence-corrected chi connectivity index (χ3v) is 6.34. The van der Waals surface area contributed by atoms with Crippen LogP contribution in [0.2, 0.25) is 0 Å². The van der Waals surface area contributed by atoms with Gasteiger partial charge in [0.05, 0.1) is 21.5 Å². The lowest BCUT2D eigenvalue weighted by Gasteiger charge is -2.09. The maximum Gasteiger partial charge on any atom is 0.419 e. The molecule has 0 aliphatic heterocycles. The molecule has 0 aliphatic carbocycles. The van der Waals surface area contributed by atoms with Crippen LogP contribution in [0.4, 0.5) is 18.3 Å². The molecule has 0 radical (unpaired) electrons. The third-order valence-electron chi connectivity index (χ3n) is 5.34. The summed E-state index contributed by atoms with van der Waals surface area (Å²) in [6, 6.07) is 16.5. The average molecular weight is 498 g/mol. The Hall–Kier alpha value is -3.99. The van der Waals surface area contributed by atoms with Crippen LogP contribution >= 0.6 is 11.3 Å². The number of carbonyl (C=O) groups excluding carboxylic acids is 1. The maximum atomic E-state index is 13.8. The molecule has 7 nitrogen and oxygen atoms in total. The lowest BCUT2D eigenvalue weighted by Crippen LogP contribution is -2.17. The molecule has 0 spiro atoms. The van der Waals surface area contributed by atoms with Gasteiger partial charge in [0.25, 0.3) is 0 Å². The highest BCUT2D eigenvalue weighted by Crippen LogP contribution is 2.40. The molecule has 0 saturated carbocycles. The molecular formula is C24H17F3N4O3S. The van der Waals surface area contributed by atoms with E-state index in [1.165, 1.54) is 4.57 Å². The topological polar surface area (TPSA) is 90.0 Å². The van der Waals surface area contributed by atoms with Gasteiger partial charge in [0.15, 0.2) is 16.4 Å². The number of anilines is 1. The van der Waals surface area contributed by atoms with Crippen LogP contribution in [0, 0.1) is 0 Å². The number of thiazole rings is 1. The van der Waals surface area contributed by atoms with Gasteiger partial charge in [-0.3, -0.25) is 9.36 Å². The molecule has 3 aromatic heterocycles. The number of alkyl halides is 3. The highest BCUT2D eigenvalue weighted by molar-refractivity contribution is 7.22. The standard InChI is InChI=1S/C24H17F3N4O3S/c25-24(26,27)15-13-16(14-7-2-1-3-8-14)28-21-20(15)35-22(30-21)29-19(32)11-6-12-31-17-9-4-5-10-18(17)34-23(31)33/h1-5,7-10,13H,6,11-12H2,(H,28,29,30,32). The molecule has 1 amide bonds. The molecular weight excluding hydrogens is 481 g/mol. The van der Waals surface area contributed by atoms with Crippen LogP contribution in [-0.4, -0.2) is 20.4 Å². The molecule has 35 heavy (non-hydrogen) atoms. The summed E-state index contributed by atoms with van der Waals surface area (Å²) in [6.45, 7) is 0.253. The number of halogens is 3. The summed E-state index contributed by atoms with van der Waals surface area (Å²) in [5, 5.41) is 2.58. The van der Waals surface area contributed by atoms with E-state index >= 15 is 0 Å². The minimum atomic E-state index is -4.61. The van der Waals surface area contributed by atoms with E-state index in [9.17, 15) is 22.8 Å². The lowest BCUT2D eigenvalue weighted by molar-refractivity contribution is -0.136. The zero-order chi connectivity index (χ0) is 24.6. The molecule has 0 unspecified atom stereocenters. The smallest absolute Gasteiger partial charge is 0.408 e. The van der Waals surface area contributed by atoms with E-state index in [-0.39, 0.29) is 34.1 Å². The third kappa shape index (κ3) is 4.67. The second-order valence-corrected chi connectivity index (χ2v) is 8.73. The Morgan fingerprint density at radius 2 is 1.80 bits per heavy atom. The molecule has 0 saturated heterocycles. The summed E-state index contributed by atoms with van der Waals surface area (Å²) >= 11 is 0.723. The number of nitrogens with one attached hydrogen (secondary N) is 1. The Labute approximate surface area is 199 Å². The summed E-state index contributed by atoms with van der Waals surface area (Å²) in [5.74, 6) is -0.945. The van der Waals surface area contributed by atoms with Crippen molar-refractivity contribution in [2.75, 3.05) is 5.32 Å². The fourth-order valence-electron chi connectivity index (χ4n) is 3.74. The molecule has 0 fully saturated rings. The Kier molecular flexibility index (Phi) is 5.85. The Bertz CT molecular complexity index is 1590. The number of nitrogens with zero attached hydrogens (tertiary/aromatic N) is 3. The fourth-order valence-corrected chi connectivity index (χ4v) is 4.70. The number of fused-ring (bicyclic) bond motifs is 2. The van der Waals surface area contributed by atoms with Crippen molar-refractivity contribution in [3.8, 4) is 11.3 Å². The van der Waals surface area contributed by atoms with E-state index in [4.69, 9.17) is 4.42 Å². The van der Waals surface area contributed by atoms with Crippen LogP contribution in [0.1, 0.15) is 18.4 Å². The van der Waals surface area contributed by atoms with Crippen LogP contribution < -0.4 is 11.1 Å². The molecule has 0 atom stereocenters. The number of rotatable bonds is 6. The summed E-state index contributed by atoms with van der Waals surface area (Å²) in [5.41, 5.74) is 0.816. The molecule has 5 rings (SSSR count). The lowest BCUT2D eigenvalue weighted by atomic mass is 10.1. The van der Waals surface area contributed by atoms with Crippen molar-refractivity contribution in [2.24, 2.45) is 0 Å². The van der Waals surface area contributed by atoms with E-state index in [0.717, 1.165) is 17.4 Å². The number of oxazole rings is 1. The van der Waals surface area contributed by atoms with Crippen LogP contribution in [0.5, 0.6) is 0 Å². The van der Waals surface area contributed by atoms with Crippen molar-refractivity contribution in [2.45, 2.75) is 25.6 Å². The number of amides is 1. The number of para-hydroxylation sites is 2. The largest absolute Gasteiger partial charge is 0.419 e. The van der Waals surface area contributed by atoms with Gasteiger partial charge in [-0.25, -0.2) is 9.78 Å². The van der Waals surface area contributed by atoms with Gasteiger partial charge < -0.3 is 9.73 Å². The fraction of sp³-hybridized carbons (Fsp3) is 0.167. The highest BCUT2D eigenvalue weighted by atomic mass is 32.1. The van der Waals surface area contributed by atoms with Gasteiger partial charge in [-0.05, 0) is 24.6 Å². The Balaban J connectivity index is 1.34. The predicted molar refractivity (Wildman–Crippen MR) is 126 cm³/mol. The molecule has 5 aromatic rings. The van der Waals surface area contributed by atoms with Gasteiger partial charge in [0, 0.05) is 18.5 Å². The second kappa shape index (κ2) is 8.99. The van der Waals surface area contributed by atoms with E-state index < -0.39 is 23.4 Å². The first-order chi connectivity index (χ1) is 16.8. The van der Waals surface area contributed by atoms with E-state index in [1.807, 2.05) is 0 Å². The van der Waals surface area contributed by atoms with E-state index in [1.54, 1.807) is 54.6 Å². The van der Waals surface area contributed by atoms with Crippen LogP contribution in [0.25, 0.3) is 32.7 Å². The first kappa shape index (κ1) is 22.8. The molecule has 178 valence electrons. The minimum Gasteiger partial charge on any atom is -0.408 e. The molecule has 2 aromatic carbocycles. The second-order valence-electron chi connectivity index (χ2n) is 7.73.